The third-order valence-corrected chi connectivity index (χ3v) is 9.49. The van der Waals surface area contributed by atoms with Crippen molar-refractivity contribution in [1.82, 2.24) is 5.32 Å². The second kappa shape index (κ2) is 9.08. The molecule has 0 saturated carbocycles. The maximum atomic E-state index is 12.6. The maximum Gasteiger partial charge on any atom is 0.416 e. The van der Waals surface area contributed by atoms with Crippen LogP contribution in [0.4, 0.5) is 13.2 Å². The first kappa shape index (κ1) is 24.2. The highest BCUT2D eigenvalue weighted by molar-refractivity contribution is 6.74. The minimum absolute atomic E-state index is 0.0163. The molecular formula is C19H28F3NO4Si. The number of nitrogens with one attached hydrogen (secondary N) is 1. The van der Waals surface area contributed by atoms with Crippen molar-refractivity contribution in [3.8, 4) is 0 Å². The van der Waals surface area contributed by atoms with Crippen LogP contribution in [0.15, 0.2) is 24.3 Å². The van der Waals surface area contributed by atoms with Crippen molar-refractivity contribution in [2.45, 2.75) is 64.0 Å². The molecular weight excluding hydrogens is 391 g/mol. The Balaban J connectivity index is 2.62. The molecule has 1 aromatic rings. The topological polar surface area (TPSA) is 75.6 Å². The lowest BCUT2D eigenvalue weighted by atomic mass is 10.1. The first-order valence-electron chi connectivity index (χ1n) is 8.96. The predicted octanol–water partition coefficient (Wildman–Crippen LogP) is 4.23. The van der Waals surface area contributed by atoms with Gasteiger partial charge in [0.2, 0.25) is 5.91 Å². The second-order valence-electron chi connectivity index (χ2n) is 8.23. The fraction of sp³-hybridized carbons (Fsp3) is 0.579. The molecule has 28 heavy (non-hydrogen) atoms. The van der Waals surface area contributed by atoms with Crippen LogP contribution in [0.3, 0.4) is 0 Å². The van der Waals surface area contributed by atoms with E-state index in [1.54, 1.807) is 0 Å². The fourth-order valence-electron chi connectivity index (χ4n) is 2.15. The maximum absolute atomic E-state index is 12.6. The molecule has 1 atom stereocenters. The van der Waals surface area contributed by atoms with E-state index in [9.17, 15) is 27.9 Å². The molecule has 0 unspecified atom stereocenters. The van der Waals surface area contributed by atoms with E-state index in [2.05, 4.69) is 26.1 Å². The summed E-state index contributed by atoms with van der Waals surface area (Å²) >= 11 is 0. The molecule has 158 valence electrons. The number of alkyl halides is 3. The molecule has 0 aliphatic rings. The number of hydrogen-bond donors (Lipinski definition) is 2. The van der Waals surface area contributed by atoms with Crippen LogP contribution in [-0.2, 0) is 26.6 Å². The molecule has 0 fully saturated rings. The molecule has 9 heteroatoms. The van der Waals surface area contributed by atoms with Crippen molar-refractivity contribution in [2.75, 3.05) is 6.61 Å². The molecule has 0 aromatic heterocycles. The first-order valence-corrected chi connectivity index (χ1v) is 11.9. The van der Waals surface area contributed by atoms with Gasteiger partial charge in [0.05, 0.1) is 12.0 Å². The van der Waals surface area contributed by atoms with Crippen molar-refractivity contribution in [3.63, 3.8) is 0 Å². The molecule has 0 saturated heterocycles. The van der Waals surface area contributed by atoms with Crippen molar-refractivity contribution >= 4 is 20.2 Å². The van der Waals surface area contributed by atoms with Gasteiger partial charge in [-0.25, -0.2) is 4.79 Å². The lowest BCUT2D eigenvalue weighted by molar-refractivity contribution is -0.142. The van der Waals surface area contributed by atoms with Crippen LogP contribution in [-0.4, -0.2) is 37.9 Å². The molecule has 2 N–H and O–H groups in total. The van der Waals surface area contributed by atoms with E-state index in [-0.39, 0.29) is 24.5 Å². The number of amides is 1. The van der Waals surface area contributed by atoms with Gasteiger partial charge in [-0.3, -0.25) is 4.79 Å². The summed E-state index contributed by atoms with van der Waals surface area (Å²) in [4.78, 5) is 23.5. The highest BCUT2D eigenvalue weighted by Crippen LogP contribution is 2.36. The molecule has 0 heterocycles. The highest BCUT2D eigenvalue weighted by atomic mass is 28.4. The zero-order chi connectivity index (χ0) is 21.8. The number of rotatable bonds is 8. The van der Waals surface area contributed by atoms with E-state index in [0.29, 0.717) is 5.56 Å². The van der Waals surface area contributed by atoms with E-state index in [4.69, 9.17) is 4.43 Å². The van der Waals surface area contributed by atoms with Gasteiger partial charge in [0.25, 0.3) is 0 Å². The number of carboxylic acids is 1. The number of aliphatic carboxylic acids is 1. The SMILES string of the molecule is CC(C)(C)[Si](C)(C)OCC[C@@H](NC(=O)Cc1ccc(C(F)(F)F)cc1)C(=O)O. The zero-order valence-corrected chi connectivity index (χ0v) is 17.8. The van der Waals surface area contributed by atoms with Gasteiger partial charge in [-0.2, -0.15) is 13.2 Å². The number of benzene rings is 1. The summed E-state index contributed by atoms with van der Waals surface area (Å²) in [5.74, 6) is -1.75. The van der Waals surface area contributed by atoms with Crippen LogP contribution in [0.25, 0.3) is 0 Å². The van der Waals surface area contributed by atoms with Crippen LogP contribution in [0.5, 0.6) is 0 Å². The largest absolute Gasteiger partial charge is 0.480 e. The predicted molar refractivity (Wildman–Crippen MR) is 102 cm³/mol. The van der Waals surface area contributed by atoms with E-state index in [1.165, 1.54) is 12.1 Å². The Labute approximate surface area is 164 Å². The summed E-state index contributed by atoms with van der Waals surface area (Å²) in [5, 5.41) is 11.7. The van der Waals surface area contributed by atoms with Crippen LogP contribution in [0.1, 0.15) is 38.3 Å². The summed E-state index contributed by atoms with van der Waals surface area (Å²) < 4.78 is 43.6. The number of carbonyl (C=O) groups is 2. The molecule has 1 rings (SSSR count). The normalized spacial score (nSPS) is 13.9. The average Bonchev–Trinajstić information content (AvgIpc) is 2.52. The van der Waals surface area contributed by atoms with Gasteiger partial charge in [-0.05, 0) is 35.8 Å². The van der Waals surface area contributed by atoms with Gasteiger partial charge in [0, 0.05) is 13.0 Å². The minimum Gasteiger partial charge on any atom is -0.480 e. The minimum atomic E-state index is -4.45. The molecule has 0 spiro atoms. The molecule has 1 amide bonds. The Morgan fingerprint density at radius 3 is 2.11 bits per heavy atom. The summed E-state index contributed by atoms with van der Waals surface area (Å²) in [5.41, 5.74) is -0.435. The smallest absolute Gasteiger partial charge is 0.416 e. The molecule has 1 aromatic carbocycles. The number of carboxylic acid groups (broad SMARTS) is 1. The average molecular weight is 420 g/mol. The standard InChI is InChI=1S/C19H28F3NO4Si/c1-18(2,3)28(4,5)27-11-10-15(17(25)26)23-16(24)12-13-6-8-14(9-7-13)19(20,21)22/h6-9,15H,10-12H2,1-5H3,(H,23,24)(H,25,26)/t15-/m1/s1. The van der Waals surface area contributed by atoms with E-state index in [1.807, 2.05) is 13.1 Å². The summed E-state index contributed by atoms with van der Waals surface area (Å²) in [7, 11) is -2.03. The molecule has 0 bridgehead atoms. The summed E-state index contributed by atoms with van der Waals surface area (Å²) in [6.07, 6.45) is -4.54. The van der Waals surface area contributed by atoms with E-state index < -0.39 is 38.0 Å². The lowest BCUT2D eigenvalue weighted by Gasteiger charge is -2.36. The van der Waals surface area contributed by atoms with Gasteiger partial charge in [-0.15, -0.1) is 0 Å². The Kier molecular flexibility index (Phi) is 7.84. The number of carbonyl (C=O) groups excluding carboxylic acids is 1. The molecule has 0 aliphatic heterocycles. The zero-order valence-electron chi connectivity index (χ0n) is 16.8. The highest BCUT2D eigenvalue weighted by Gasteiger charge is 2.37. The molecule has 0 radical (unpaired) electrons. The monoisotopic (exact) mass is 419 g/mol. The van der Waals surface area contributed by atoms with Crippen LogP contribution < -0.4 is 5.32 Å². The summed E-state index contributed by atoms with van der Waals surface area (Å²) in [6.45, 7) is 10.5. The first-order chi connectivity index (χ1) is 12.6. The lowest BCUT2D eigenvalue weighted by Crippen LogP contribution is -2.45. The van der Waals surface area contributed by atoms with Crippen LogP contribution in [0, 0.1) is 0 Å². The van der Waals surface area contributed by atoms with Crippen molar-refractivity contribution in [1.29, 1.82) is 0 Å². The van der Waals surface area contributed by atoms with Crippen molar-refractivity contribution in [2.24, 2.45) is 0 Å². The fourth-order valence-corrected chi connectivity index (χ4v) is 3.21. The van der Waals surface area contributed by atoms with E-state index in [0.717, 1.165) is 12.1 Å². The molecule has 5 nitrogen and oxygen atoms in total. The second-order valence-corrected chi connectivity index (χ2v) is 13.0. The Hall–Kier alpha value is -1.87. The van der Waals surface area contributed by atoms with Gasteiger partial charge >= 0.3 is 12.1 Å². The quantitative estimate of drug-likeness (QED) is 0.619. The van der Waals surface area contributed by atoms with Crippen LogP contribution >= 0.6 is 0 Å². The Morgan fingerprint density at radius 1 is 1.14 bits per heavy atom. The third-order valence-electron chi connectivity index (χ3n) is 4.95. The van der Waals surface area contributed by atoms with Gasteiger partial charge in [0.15, 0.2) is 8.32 Å². The Morgan fingerprint density at radius 2 is 1.68 bits per heavy atom. The van der Waals surface area contributed by atoms with Gasteiger partial charge in [-0.1, -0.05) is 32.9 Å². The van der Waals surface area contributed by atoms with Gasteiger partial charge < -0.3 is 14.8 Å². The third kappa shape index (κ3) is 7.27. The van der Waals surface area contributed by atoms with Crippen LogP contribution in [0.2, 0.25) is 18.1 Å². The van der Waals surface area contributed by atoms with E-state index >= 15 is 0 Å². The Bertz CT molecular complexity index is 682. The molecule has 0 aliphatic carbocycles. The van der Waals surface area contributed by atoms with Gasteiger partial charge in [0.1, 0.15) is 6.04 Å². The summed E-state index contributed by atoms with van der Waals surface area (Å²) in [6, 6.07) is 3.08. The number of halogens is 3. The number of hydrogen-bond acceptors (Lipinski definition) is 3. The van der Waals surface area contributed by atoms with Crippen molar-refractivity contribution in [3.05, 3.63) is 35.4 Å². The van der Waals surface area contributed by atoms with Crippen molar-refractivity contribution < 1.29 is 32.3 Å².